The first-order valence-electron chi connectivity index (χ1n) is 8.78. The molecule has 4 heteroatoms. The molecule has 0 aliphatic heterocycles. The average Bonchev–Trinajstić information content (AvgIpc) is 2.58. The molecule has 2 aromatic rings. The maximum atomic E-state index is 5.47. The lowest BCUT2D eigenvalue weighted by molar-refractivity contribution is 0.299. The third-order valence-electron chi connectivity index (χ3n) is 4.62. The maximum Gasteiger partial charge on any atom is 0.170 e. The highest BCUT2D eigenvalue weighted by atomic mass is 32.1. The average molecular weight is 356 g/mol. The minimum Gasteiger partial charge on any atom is -0.361 e. The van der Waals surface area contributed by atoms with E-state index < -0.39 is 0 Å². The van der Waals surface area contributed by atoms with Crippen LogP contribution in [0.5, 0.6) is 0 Å². The van der Waals surface area contributed by atoms with Crippen molar-refractivity contribution in [3.05, 3.63) is 64.7 Å². The van der Waals surface area contributed by atoms with E-state index in [-0.39, 0.29) is 6.04 Å². The van der Waals surface area contributed by atoms with Crippen LogP contribution in [0.1, 0.15) is 35.2 Å². The Morgan fingerprint density at radius 2 is 1.72 bits per heavy atom. The lowest BCUT2D eigenvalue weighted by atomic mass is 10.0. The molecular weight excluding hydrogens is 326 g/mol. The molecule has 1 atom stereocenters. The first-order valence-corrected chi connectivity index (χ1v) is 9.19. The summed E-state index contributed by atoms with van der Waals surface area (Å²) in [6.45, 7) is 7.16. The lowest BCUT2D eigenvalue weighted by Crippen LogP contribution is -2.36. The molecule has 0 fully saturated rings. The number of aryl methyl sites for hydroxylation is 3. The van der Waals surface area contributed by atoms with Gasteiger partial charge in [0.1, 0.15) is 0 Å². The van der Waals surface area contributed by atoms with E-state index in [1.54, 1.807) is 0 Å². The Balaban J connectivity index is 1.97. The molecule has 0 radical (unpaired) electrons. The highest BCUT2D eigenvalue weighted by Crippen LogP contribution is 2.19. The van der Waals surface area contributed by atoms with E-state index in [0.29, 0.717) is 5.11 Å². The van der Waals surface area contributed by atoms with Crippen LogP contribution >= 0.6 is 12.2 Å². The molecule has 0 saturated heterocycles. The molecule has 0 saturated carbocycles. The normalized spacial score (nSPS) is 12.1. The van der Waals surface area contributed by atoms with Crippen molar-refractivity contribution in [1.29, 1.82) is 0 Å². The molecule has 0 bridgehead atoms. The molecule has 0 spiro atoms. The Bertz CT molecular complexity index is 708. The number of likely N-dealkylation sites (N-methyl/N-ethyl adjacent to an activating group) is 1. The highest BCUT2D eigenvalue weighted by Gasteiger charge is 2.14. The molecule has 0 unspecified atom stereocenters. The third kappa shape index (κ3) is 5.55. The number of thiocarbonyl (C=S) groups is 1. The fraction of sp³-hybridized carbons (Fsp3) is 0.381. The molecule has 0 aromatic heterocycles. The van der Waals surface area contributed by atoms with Gasteiger partial charge in [0, 0.05) is 12.2 Å². The van der Waals surface area contributed by atoms with Gasteiger partial charge in [-0.1, -0.05) is 37.3 Å². The Labute approximate surface area is 157 Å². The minimum atomic E-state index is 0.269. The summed E-state index contributed by atoms with van der Waals surface area (Å²) in [4.78, 5) is 2.21. The van der Waals surface area contributed by atoms with Crippen LogP contribution in [0.15, 0.2) is 42.5 Å². The van der Waals surface area contributed by atoms with Crippen molar-refractivity contribution < 1.29 is 0 Å². The van der Waals surface area contributed by atoms with Gasteiger partial charge in [0.2, 0.25) is 0 Å². The number of rotatable bonds is 6. The van der Waals surface area contributed by atoms with E-state index in [2.05, 4.69) is 92.9 Å². The van der Waals surface area contributed by atoms with Gasteiger partial charge in [-0.05, 0) is 81.0 Å². The first-order chi connectivity index (χ1) is 11.9. The van der Waals surface area contributed by atoms with Gasteiger partial charge in [0.05, 0.1) is 6.04 Å². The maximum absolute atomic E-state index is 5.47. The van der Waals surface area contributed by atoms with E-state index in [9.17, 15) is 0 Å². The molecule has 2 N–H and O–H groups in total. The zero-order valence-corrected chi connectivity index (χ0v) is 16.7. The molecule has 2 rings (SSSR count). The SMILES string of the molecule is CCc1ccc([C@@H](CNC(=S)Nc2ccc(C)c(C)c2)N(C)C)cc1. The summed E-state index contributed by atoms with van der Waals surface area (Å²) in [7, 11) is 4.19. The molecule has 0 aliphatic rings. The van der Waals surface area contributed by atoms with Crippen LogP contribution in [0.3, 0.4) is 0 Å². The fourth-order valence-electron chi connectivity index (χ4n) is 2.76. The summed E-state index contributed by atoms with van der Waals surface area (Å²) in [5.41, 5.74) is 6.22. The molecule has 2 aromatic carbocycles. The second kappa shape index (κ2) is 8.97. The van der Waals surface area contributed by atoms with E-state index in [1.165, 1.54) is 22.3 Å². The van der Waals surface area contributed by atoms with E-state index >= 15 is 0 Å². The van der Waals surface area contributed by atoms with Gasteiger partial charge in [0.25, 0.3) is 0 Å². The monoisotopic (exact) mass is 355 g/mol. The number of hydrogen-bond donors (Lipinski definition) is 2. The summed E-state index contributed by atoms with van der Waals surface area (Å²) in [6, 6.07) is 15.4. The molecule has 0 aliphatic carbocycles. The summed E-state index contributed by atoms with van der Waals surface area (Å²) < 4.78 is 0. The number of nitrogens with zero attached hydrogens (tertiary/aromatic N) is 1. The van der Waals surface area contributed by atoms with Crippen LogP contribution in [-0.2, 0) is 6.42 Å². The van der Waals surface area contributed by atoms with Gasteiger partial charge in [-0.15, -0.1) is 0 Å². The summed E-state index contributed by atoms with van der Waals surface area (Å²) >= 11 is 5.47. The van der Waals surface area contributed by atoms with Crippen LogP contribution in [0, 0.1) is 13.8 Å². The first kappa shape index (κ1) is 19.4. The van der Waals surface area contributed by atoms with Gasteiger partial charge < -0.3 is 15.5 Å². The quantitative estimate of drug-likeness (QED) is 0.749. The van der Waals surface area contributed by atoms with Crippen LogP contribution < -0.4 is 10.6 Å². The van der Waals surface area contributed by atoms with Gasteiger partial charge >= 0.3 is 0 Å². The number of hydrogen-bond acceptors (Lipinski definition) is 2. The minimum absolute atomic E-state index is 0.269. The zero-order valence-electron chi connectivity index (χ0n) is 15.9. The standard InChI is InChI=1S/C21H29N3S/c1-6-17-8-10-18(11-9-17)20(24(4)5)14-22-21(25)23-19-12-7-15(2)16(3)13-19/h7-13,20H,6,14H2,1-5H3,(H2,22,23,25)/t20-/m1/s1. The topological polar surface area (TPSA) is 27.3 Å². The van der Waals surface area contributed by atoms with Crippen molar-refractivity contribution in [1.82, 2.24) is 10.2 Å². The Kier molecular flexibility index (Phi) is 6.97. The molecule has 25 heavy (non-hydrogen) atoms. The van der Waals surface area contributed by atoms with Crippen molar-refractivity contribution in [3.8, 4) is 0 Å². The number of anilines is 1. The second-order valence-electron chi connectivity index (χ2n) is 6.71. The van der Waals surface area contributed by atoms with Crippen LogP contribution in [0.2, 0.25) is 0 Å². The van der Waals surface area contributed by atoms with E-state index in [4.69, 9.17) is 12.2 Å². The van der Waals surface area contributed by atoms with Crippen LogP contribution in [0.4, 0.5) is 5.69 Å². The van der Waals surface area contributed by atoms with Gasteiger partial charge in [-0.25, -0.2) is 0 Å². The van der Waals surface area contributed by atoms with Gasteiger partial charge in [0.15, 0.2) is 5.11 Å². The van der Waals surface area contributed by atoms with Gasteiger partial charge in [-0.3, -0.25) is 0 Å². The molecular formula is C21H29N3S. The molecule has 134 valence electrons. The van der Waals surface area contributed by atoms with Crippen LogP contribution in [0.25, 0.3) is 0 Å². The van der Waals surface area contributed by atoms with E-state index in [0.717, 1.165) is 18.7 Å². The number of nitrogens with one attached hydrogen (secondary N) is 2. The molecule has 0 amide bonds. The third-order valence-corrected chi connectivity index (χ3v) is 4.86. The Morgan fingerprint density at radius 3 is 2.28 bits per heavy atom. The Morgan fingerprint density at radius 1 is 1.04 bits per heavy atom. The number of benzene rings is 2. The van der Waals surface area contributed by atoms with Gasteiger partial charge in [-0.2, -0.15) is 0 Å². The van der Waals surface area contributed by atoms with Crippen molar-refractivity contribution in [2.24, 2.45) is 0 Å². The predicted octanol–water partition coefficient (Wildman–Crippen LogP) is 4.46. The Hall–Kier alpha value is -1.91. The zero-order chi connectivity index (χ0) is 18.4. The summed E-state index contributed by atoms with van der Waals surface area (Å²) in [5.74, 6) is 0. The fourth-order valence-corrected chi connectivity index (χ4v) is 2.96. The van der Waals surface area contributed by atoms with Crippen molar-refractivity contribution in [2.75, 3.05) is 26.0 Å². The lowest BCUT2D eigenvalue weighted by Gasteiger charge is -2.26. The van der Waals surface area contributed by atoms with E-state index in [1.807, 2.05) is 0 Å². The summed E-state index contributed by atoms with van der Waals surface area (Å²) in [5, 5.41) is 7.28. The van der Waals surface area contributed by atoms with Crippen molar-refractivity contribution in [2.45, 2.75) is 33.2 Å². The van der Waals surface area contributed by atoms with Crippen molar-refractivity contribution >= 4 is 23.0 Å². The smallest absolute Gasteiger partial charge is 0.170 e. The summed E-state index contributed by atoms with van der Waals surface area (Å²) in [6.07, 6.45) is 1.06. The largest absolute Gasteiger partial charge is 0.361 e. The molecule has 0 heterocycles. The predicted molar refractivity (Wildman–Crippen MR) is 112 cm³/mol. The van der Waals surface area contributed by atoms with Crippen molar-refractivity contribution in [3.63, 3.8) is 0 Å². The molecule has 3 nitrogen and oxygen atoms in total. The highest BCUT2D eigenvalue weighted by molar-refractivity contribution is 7.80. The van der Waals surface area contributed by atoms with Crippen LogP contribution in [-0.4, -0.2) is 30.7 Å². The second-order valence-corrected chi connectivity index (χ2v) is 7.12.